The van der Waals surface area contributed by atoms with Crippen LogP contribution in [-0.4, -0.2) is 18.5 Å². The summed E-state index contributed by atoms with van der Waals surface area (Å²) in [5.41, 5.74) is 4.21. The Hall–Kier alpha value is -2.67. The molecule has 2 heterocycles. The van der Waals surface area contributed by atoms with E-state index in [0.717, 1.165) is 32.3 Å². The molecule has 0 fully saturated rings. The molecule has 2 aromatic heterocycles. The number of esters is 1. The molecule has 1 amide bonds. The van der Waals surface area contributed by atoms with Gasteiger partial charge in [0, 0.05) is 21.0 Å². The van der Waals surface area contributed by atoms with Crippen molar-refractivity contribution in [3.8, 4) is 11.1 Å². The number of carbonyl (C=O) groups is 2. The average Bonchev–Trinajstić information content (AvgIpc) is 3.29. The quantitative estimate of drug-likeness (QED) is 0.311. The standard InChI is InChI=1S/C24H20ClNO3S2/c1-4-29-24(28)19-17(15-8-5-13(2)6-9-15)12-30-23(19)26-22(27)21-20(25)16-10-7-14(3)11-18(16)31-21/h5-12H,4H2,1-3H3,(H,26,27). The Kier molecular flexibility index (Phi) is 6.14. The number of aryl methyl sites for hydroxylation is 2. The van der Waals surface area contributed by atoms with Crippen molar-refractivity contribution in [1.29, 1.82) is 0 Å². The van der Waals surface area contributed by atoms with Gasteiger partial charge in [-0.25, -0.2) is 4.79 Å². The van der Waals surface area contributed by atoms with Crippen LogP contribution >= 0.6 is 34.3 Å². The fraction of sp³-hybridized carbons (Fsp3) is 0.167. The van der Waals surface area contributed by atoms with Crippen molar-refractivity contribution in [1.82, 2.24) is 0 Å². The number of anilines is 1. The van der Waals surface area contributed by atoms with Crippen LogP contribution in [0.25, 0.3) is 21.2 Å². The number of benzene rings is 2. The Labute approximate surface area is 193 Å². The molecular formula is C24H20ClNO3S2. The molecule has 0 aliphatic rings. The molecular weight excluding hydrogens is 450 g/mol. The second kappa shape index (κ2) is 8.83. The second-order valence-electron chi connectivity index (χ2n) is 7.14. The fourth-order valence-corrected chi connectivity index (χ4v) is 5.74. The Balaban J connectivity index is 1.72. The number of amides is 1. The minimum absolute atomic E-state index is 0.247. The molecule has 0 radical (unpaired) electrons. The molecule has 158 valence electrons. The number of fused-ring (bicyclic) bond motifs is 1. The molecule has 1 N–H and O–H groups in total. The lowest BCUT2D eigenvalue weighted by Crippen LogP contribution is -2.14. The SMILES string of the molecule is CCOC(=O)c1c(-c2ccc(C)cc2)csc1NC(=O)c1sc2cc(C)ccc2c1Cl. The zero-order chi connectivity index (χ0) is 22.1. The van der Waals surface area contributed by atoms with Gasteiger partial charge in [-0.2, -0.15) is 0 Å². The van der Waals surface area contributed by atoms with Gasteiger partial charge in [-0.05, 0) is 38.0 Å². The zero-order valence-electron chi connectivity index (χ0n) is 17.2. The van der Waals surface area contributed by atoms with Gasteiger partial charge >= 0.3 is 5.97 Å². The van der Waals surface area contributed by atoms with Crippen molar-refractivity contribution in [2.24, 2.45) is 0 Å². The summed E-state index contributed by atoms with van der Waals surface area (Å²) in [4.78, 5) is 26.3. The van der Waals surface area contributed by atoms with Crippen molar-refractivity contribution in [3.05, 3.63) is 74.4 Å². The Morgan fingerprint density at radius 2 is 1.77 bits per heavy atom. The number of hydrogen-bond donors (Lipinski definition) is 1. The van der Waals surface area contributed by atoms with Crippen LogP contribution in [0.15, 0.2) is 47.8 Å². The van der Waals surface area contributed by atoms with Gasteiger partial charge in [-0.15, -0.1) is 22.7 Å². The number of hydrogen-bond acceptors (Lipinski definition) is 5. The Bertz CT molecular complexity index is 1290. The molecule has 0 unspecified atom stereocenters. The summed E-state index contributed by atoms with van der Waals surface area (Å²) in [5, 5.41) is 6.47. The molecule has 31 heavy (non-hydrogen) atoms. The molecule has 0 spiro atoms. The highest BCUT2D eigenvalue weighted by Crippen LogP contribution is 2.39. The molecule has 0 aliphatic carbocycles. The van der Waals surface area contributed by atoms with E-state index in [-0.39, 0.29) is 12.5 Å². The first-order chi connectivity index (χ1) is 14.9. The van der Waals surface area contributed by atoms with Crippen LogP contribution in [0.3, 0.4) is 0 Å². The third kappa shape index (κ3) is 4.24. The number of ether oxygens (including phenoxy) is 1. The van der Waals surface area contributed by atoms with Crippen molar-refractivity contribution >= 4 is 61.2 Å². The number of carbonyl (C=O) groups excluding carboxylic acids is 2. The molecule has 0 saturated heterocycles. The summed E-state index contributed by atoms with van der Waals surface area (Å²) < 4.78 is 6.23. The molecule has 0 atom stereocenters. The highest BCUT2D eigenvalue weighted by Gasteiger charge is 2.25. The second-order valence-corrected chi connectivity index (χ2v) is 9.45. The molecule has 4 nitrogen and oxygen atoms in total. The van der Waals surface area contributed by atoms with Gasteiger partial charge in [0.25, 0.3) is 5.91 Å². The molecule has 2 aromatic carbocycles. The van der Waals surface area contributed by atoms with E-state index < -0.39 is 5.97 Å². The molecule has 7 heteroatoms. The van der Waals surface area contributed by atoms with E-state index in [1.54, 1.807) is 6.92 Å². The fourth-order valence-electron chi connectivity index (χ4n) is 3.28. The maximum atomic E-state index is 13.1. The largest absolute Gasteiger partial charge is 0.462 e. The first-order valence-corrected chi connectivity index (χ1v) is 11.8. The summed E-state index contributed by atoms with van der Waals surface area (Å²) in [6, 6.07) is 13.8. The van der Waals surface area contributed by atoms with E-state index in [1.807, 2.05) is 61.7 Å². The van der Waals surface area contributed by atoms with E-state index >= 15 is 0 Å². The molecule has 4 rings (SSSR count). The third-order valence-corrected chi connectivity index (χ3v) is 7.40. The van der Waals surface area contributed by atoms with Crippen LogP contribution < -0.4 is 5.32 Å². The topological polar surface area (TPSA) is 55.4 Å². The highest BCUT2D eigenvalue weighted by atomic mass is 35.5. The lowest BCUT2D eigenvalue weighted by molar-refractivity contribution is 0.0529. The van der Waals surface area contributed by atoms with Crippen molar-refractivity contribution in [2.45, 2.75) is 20.8 Å². The maximum Gasteiger partial charge on any atom is 0.341 e. The molecule has 0 bridgehead atoms. The van der Waals surface area contributed by atoms with Gasteiger partial charge in [-0.1, -0.05) is 53.6 Å². The Morgan fingerprint density at radius 3 is 2.48 bits per heavy atom. The van der Waals surface area contributed by atoms with Gasteiger partial charge in [0.05, 0.1) is 11.6 Å². The third-order valence-electron chi connectivity index (χ3n) is 4.85. The maximum absolute atomic E-state index is 13.1. The summed E-state index contributed by atoms with van der Waals surface area (Å²) >= 11 is 9.14. The van der Waals surface area contributed by atoms with Crippen LogP contribution in [0.4, 0.5) is 5.00 Å². The lowest BCUT2D eigenvalue weighted by Gasteiger charge is -2.09. The minimum Gasteiger partial charge on any atom is -0.462 e. The van der Waals surface area contributed by atoms with E-state index in [9.17, 15) is 9.59 Å². The number of nitrogens with one attached hydrogen (secondary N) is 1. The van der Waals surface area contributed by atoms with E-state index in [1.165, 1.54) is 22.7 Å². The number of halogens is 1. The lowest BCUT2D eigenvalue weighted by atomic mass is 10.0. The first kappa shape index (κ1) is 21.6. The van der Waals surface area contributed by atoms with Crippen LogP contribution in [0.2, 0.25) is 5.02 Å². The van der Waals surface area contributed by atoms with E-state index in [4.69, 9.17) is 16.3 Å². The highest BCUT2D eigenvalue weighted by molar-refractivity contribution is 7.22. The van der Waals surface area contributed by atoms with Crippen LogP contribution in [-0.2, 0) is 4.74 Å². The van der Waals surface area contributed by atoms with Crippen LogP contribution in [0.1, 0.15) is 38.1 Å². The minimum atomic E-state index is -0.465. The van der Waals surface area contributed by atoms with Gasteiger partial charge in [0.1, 0.15) is 15.4 Å². The van der Waals surface area contributed by atoms with Gasteiger partial charge < -0.3 is 10.1 Å². The molecule has 4 aromatic rings. The van der Waals surface area contributed by atoms with Gasteiger partial charge in [0.15, 0.2) is 0 Å². The van der Waals surface area contributed by atoms with E-state index in [0.29, 0.717) is 20.5 Å². The summed E-state index contributed by atoms with van der Waals surface area (Å²) in [5.74, 6) is -0.806. The number of thiophene rings is 2. The van der Waals surface area contributed by atoms with Crippen molar-refractivity contribution in [3.63, 3.8) is 0 Å². The van der Waals surface area contributed by atoms with Crippen LogP contribution in [0, 0.1) is 13.8 Å². The van der Waals surface area contributed by atoms with Crippen molar-refractivity contribution in [2.75, 3.05) is 11.9 Å². The van der Waals surface area contributed by atoms with Gasteiger partial charge in [0.2, 0.25) is 0 Å². The normalized spacial score (nSPS) is 11.0. The molecule has 0 aliphatic heterocycles. The smallest absolute Gasteiger partial charge is 0.341 e. The first-order valence-electron chi connectivity index (χ1n) is 9.74. The molecule has 0 saturated carbocycles. The Morgan fingerprint density at radius 1 is 1.06 bits per heavy atom. The predicted octanol–water partition coefficient (Wildman–Crippen LogP) is 7.33. The number of rotatable bonds is 5. The van der Waals surface area contributed by atoms with E-state index in [2.05, 4.69) is 5.32 Å². The summed E-state index contributed by atoms with van der Waals surface area (Å²) in [6.45, 7) is 6.01. The average molecular weight is 470 g/mol. The summed E-state index contributed by atoms with van der Waals surface area (Å²) in [6.07, 6.45) is 0. The zero-order valence-corrected chi connectivity index (χ0v) is 19.6. The van der Waals surface area contributed by atoms with Gasteiger partial charge in [-0.3, -0.25) is 4.79 Å². The summed E-state index contributed by atoms with van der Waals surface area (Å²) in [7, 11) is 0. The van der Waals surface area contributed by atoms with Crippen LogP contribution in [0.5, 0.6) is 0 Å². The van der Waals surface area contributed by atoms with Crippen molar-refractivity contribution < 1.29 is 14.3 Å². The monoisotopic (exact) mass is 469 g/mol. The predicted molar refractivity (Wildman–Crippen MR) is 130 cm³/mol.